The second-order valence-electron chi connectivity index (χ2n) is 6.19. The van der Waals surface area contributed by atoms with Crippen molar-refractivity contribution in [3.05, 3.63) is 41.6 Å². The van der Waals surface area contributed by atoms with Crippen molar-refractivity contribution in [2.24, 2.45) is 0 Å². The van der Waals surface area contributed by atoms with Gasteiger partial charge in [0, 0.05) is 12.5 Å². The molecule has 1 aliphatic rings. The standard InChI is InChI=1S/C18H25N3O2/c1-3-17-20-21-18(23-17)12-19-15-9-4-5-10-16(15)22-14-8-6-7-13(2)11-14/h6-8,11,15-16,19H,3-5,9-10,12H2,1-2H3. The van der Waals surface area contributed by atoms with Crippen molar-refractivity contribution in [1.29, 1.82) is 0 Å². The molecular formula is C18H25N3O2. The minimum absolute atomic E-state index is 0.194. The fourth-order valence-corrected chi connectivity index (χ4v) is 3.06. The fraction of sp³-hybridized carbons (Fsp3) is 0.556. The largest absolute Gasteiger partial charge is 0.489 e. The average molecular weight is 315 g/mol. The second-order valence-corrected chi connectivity index (χ2v) is 6.19. The van der Waals surface area contributed by atoms with Gasteiger partial charge in [-0.1, -0.05) is 25.5 Å². The topological polar surface area (TPSA) is 60.2 Å². The number of aromatic nitrogens is 2. The highest BCUT2D eigenvalue weighted by molar-refractivity contribution is 5.27. The summed E-state index contributed by atoms with van der Waals surface area (Å²) in [7, 11) is 0. The molecule has 1 aromatic carbocycles. The number of benzene rings is 1. The molecular weight excluding hydrogens is 290 g/mol. The van der Waals surface area contributed by atoms with Crippen LogP contribution in [0.3, 0.4) is 0 Å². The molecule has 1 aliphatic carbocycles. The first-order valence-corrected chi connectivity index (χ1v) is 8.52. The lowest BCUT2D eigenvalue weighted by molar-refractivity contribution is 0.111. The molecule has 124 valence electrons. The molecule has 0 spiro atoms. The minimum Gasteiger partial charge on any atom is -0.489 e. The molecule has 23 heavy (non-hydrogen) atoms. The molecule has 1 heterocycles. The second kappa shape index (κ2) is 7.59. The van der Waals surface area contributed by atoms with Gasteiger partial charge in [0.2, 0.25) is 11.8 Å². The molecule has 1 aromatic heterocycles. The summed E-state index contributed by atoms with van der Waals surface area (Å²) in [6.07, 6.45) is 5.61. The highest BCUT2D eigenvalue weighted by Gasteiger charge is 2.27. The first-order valence-electron chi connectivity index (χ1n) is 8.52. The number of rotatable bonds is 6. The third kappa shape index (κ3) is 4.32. The van der Waals surface area contributed by atoms with Crippen molar-refractivity contribution < 1.29 is 9.15 Å². The van der Waals surface area contributed by atoms with Crippen molar-refractivity contribution in [1.82, 2.24) is 15.5 Å². The van der Waals surface area contributed by atoms with Crippen molar-refractivity contribution in [2.75, 3.05) is 0 Å². The van der Waals surface area contributed by atoms with E-state index in [0.717, 1.165) is 25.0 Å². The third-order valence-electron chi connectivity index (χ3n) is 4.31. The van der Waals surface area contributed by atoms with E-state index in [0.29, 0.717) is 24.4 Å². The summed E-state index contributed by atoms with van der Waals surface area (Å²) in [6, 6.07) is 8.58. The molecule has 0 aliphatic heterocycles. The van der Waals surface area contributed by atoms with Crippen LogP contribution in [0.1, 0.15) is 50.0 Å². The number of nitrogens with zero attached hydrogens (tertiary/aromatic N) is 2. The lowest BCUT2D eigenvalue weighted by Gasteiger charge is -2.32. The Morgan fingerprint density at radius 1 is 1.22 bits per heavy atom. The van der Waals surface area contributed by atoms with Gasteiger partial charge in [0.1, 0.15) is 11.9 Å². The molecule has 5 heteroatoms. The molecule has 3 rings (SSSR count). The molecule has 2 atom stereocenters. The van der Waals surface area contributed by atoms with E-state index in [1.54, 1.807) is 0 Å². The van der Waals surface area contributed by atoms with Gasteiger partial charge in [0.05, 0.1) is 6.54 Å². The van der Waals surface area contributed by atoms with Crippen LogP contribution in [0.25, 0.3) is 0 Å². The zero-order valence-electron chi connectivity index (χ0n) is 13.9. The van der Waals surface area contributed by atoms with Crippen molar-refractivity contribution in [3.8, 4) is 5.75 Å². The Morgan fingerprint density at radius 3 is 2.83 bits per heavy atom. The Balaban J connectivity index is 1.59. The summed E-state index contributed by atoms with van der Waals surface area (Å²) in [5.41, 5.74) is 1.22. The predicted octanol–water partition coefficient (Wildman–Crippen LogP) is 3.42. The van der Waals surface area contributed by atoms with E-state index in [9.17, 15) is 0 Å². The molecule has 0 amide bonds. The zero-order chi connectivity index (χ0) is 16.1. The average Bonchev–Trinajstić information content (AvgIpc) is 3.02. The van der Waals surface area contributed by atoms with Crippen molar-refractivity contribution in [3.63, 3.8) is 0 Å². The summed E-state index contributed by atoms with van der Waals surface area (Å²) >= 11 is 0. The molecule has 0 bridgehead atoms. The summed E-state index contributed by atoms with van der Waals surface area (Å²) < 4.78 is 11.8. The van der Waals surface area contributed by atoms with E-state index in [2.05, 4.69) is 34.6 Å². The fourth-order valence-electron chi connectivity index (χ4n) is 3.06. The van der Waals surface area contributed by atoms with Gasteiger partial charge in [0.25, 0.3) is 0 Å². The van der Waals surface area contributed by atoms with Gasteiger partial charge in [-0.2, -0.15) is 0 Å². The Hall–Kier alpha value is -1.88. The highest BCUT2D eigenvalue weighted by atomic mass is 16.5. The molecule has 0 saturated heterocycles. The van der Waals surface area contributed by atoms with Crippen LogP contribution in [0.2, 0.25) is 0 Å². The van der Waals surface area contributed by atoms with E-state index in [1.165, 1.54) is 18.4 Å². The number of nitrogens with one attached hydrogen (secondary N) is 1. The smallest absolute Gasteiger partial charge is 0.230 e. The molecule has 5 nitrogen and oxygen atoms in total. The molecule has 0 radical (unpaired) electrons. The van der Waals surface area contributed by atoms with Gasteiger partial charge in [-0.25, -0.2) is 0 Å². The van der Waals surface area contributed by atoms with E-state index in [-0.39, 0.29) is 6.10 Å². The molecule has 1 fully saturated rings. The van der Waals surface area contributed by atoms with Crippen LogP contribution in [-0.4, -0.2) is 22.3 Å². The van der Waals surface area contributed by atoms with E-state index in [1.807, 2.05) is 19.1 Å². The van der Waals surface area contributed by atoms with Crippen LogP contribution in [0.4, 0.5) is 0 Å². The van der Waals surface area contributed by atoms with Crippen molar-refractivity contribution >= 4 is 0 Å². The van der Waals surface area contributed by atoms with Crippen LogP contribution in [0, 0.1) is 6.92 Å². The Bertz CT molecular complexity index is 626. The lowest BCUT2D eigenvalue weighted by atomic mass is 9.92. The van der Waals surface area contributed by atoms with Gasteiger partial charge in [-0.15, -0.1) is 10.2 Å². The van der Waals surface area contributed by atoms with Gasteiger partial charge >= 0.3 is 0 Å². The molecule has 1 N–H and O–H groups in total. The maximum Gasteiger partial charge on any atom is 0.230 e. The molecule has 2 unspecified atom stereocenters. The number of aryl methyl sites for hydroxylation is 2. The Labute approximate surface area is 137 Å². The van der Waals surface area contributed by atoms with E-state index < -0.39 is 0 Å². The van der Waals surface area contributed by atoms with Gasteiger partial charge in [-0.3, -0.25) is 0 Å². The van der Waals surface area contributed by atoms with Crippen LogP contribution in [-0.2, 0) is 13.0 Å². The van der Waals surface area contributed by atoms with Crippen LogP contribution in [0.15, 0.2) is 28.7 Å². The third-order valence-corrected chi connectivity index (χ3v) is 4.31. The van der Waals surface area contributed by atoms with Crippen LogP contribution < -0.4 is 10.1 Å². The van der Waals surface area contributed by atoms with Gasteiger partial charge in [-0.05, 0) is 43.9 Å². The first-order chi connectivity index (χ1) is 11.2. The number of hydrogen-bond acceptors (Lipinski definition) is 5. The highest BCUT2D eigenvalue weighted by Crippen LogP contribution is 2.24. The molecule has 1 saturated carbocycles. The predicted molar refractivity (Wildman–Crippen MR) is 88.4 cm³/mol. The number of hydrogen-bond donors (Lipinski definition) is 1. The normalized spacial score (nSPS) is 21.3. The lowest BCUT2D eigenvalue weighted by Crippen LogP contribution is -2.44. The zero-order valence-corrected chi connectivity index (χ0v) is 13.9. The summed E-state index contributed by atoms with van der Waals surface area (Å²) in [6.45, 7) is 4.70. The summed E-state index contributed by atoms with van der Waals surface area (Å²) in [4.78, 5) is 0. The first kappa shape index (κ1) is 16.0. The SMILES string of the molecule is CCc1nnc(CNC2CCCCC2Oc2cccc(C)c2)o1. The summed E-state index contributed by atoms with van der Waals surface area (Å²) in [5, 5.41) is 11.6. The van der Waals surface area contributed by atoms with Gasteiger partial charge < -0.3 is 14.5 Å². The van der Waals surface area contributed by atoms with Crippen molar-refractivity contribution in [2.45, 2.75) is 64.6 Å². The number of ether oxygens (including phenoxy) is 1. The minimum atomic E-state index is 0.194. The van der Waals surface area contributed by atoms with Crippen LogP contribution >= 0.6 is 0 Å². The maximum atomic E-state index is 6.23. The maximum absolute atomic E-state index is 6.23. The summed E-state index contributed by atoms with van der Waals surface area (Å²) in [5.74, 6) is 2.30. The monoisotopic (exact) mass is 315 g/mol. The van der Waals surface area contributed by atoms with E-state index in [4.69, 9.17) is 9.15 Å². The molecule has 2 aromatic rings. The Morgan fingerprint density at radius 2 is 2.04 bits per heavy atom. The van der Waals surface area contributed by atoms with E-state index >= 15 is 0 Å². The quantitative estimate of drug-likeness (QED) is 0.885. The van der Waals surface area contributed by atoms with Gasteiger partial charge in [0.15, 0.2) is 0 Å². The Kier molecular flexibility index (Phi) is 5.28. The van der Waals surface area contributed by atoms with Crippen LogP contribution in [0.5, 0.6) is 5.75 Å².